The Kier molecular flexibility index (Phi) is 3.90. The summed E-state index contributed by atoms with van der Waals surface area (Å²) in [6.07, 6.45) is 1.53. The zero-order chi connectivity index (χ0) is 11.5. The summed E-state index contributed by atoms with van der Waals surface area (Å²) in [5.41, 5.74) is 0.796. The maximum atomic E-state index is 11.4. The molecule has 0 heterocycles. The van der Waals surface area contributed by atoms with Crippen molar-refractivity contribution in [1.29, 1.82) is 0 Å². The van der Waals surface area contributed by atoms with Crippen molar-refractivity contribution in [2.45, 2.75) is 0 Å². The van der Waals surface area contributed by atoms with Crippen LogP contribution in [0.5, 0.6) is 0 Å². The second kappa shape index (κ2) is 4.79. The Morgan fingerprint density at radius 1 is 1.20 bits per heavy atom. The second-order valence-electron chi connectivity index (χ2n) is 3.18. The SMILES string of the molecule is CN(C)S(=O)(=O)C=Cc1ccc(Cl)cc1. The maximum absolute atomic E-state index is 11.4. The average molecular weight is 246 g/mol. The molecule has 1 rings (SSSR count). The Bertz CT molecular complexity index is 449. The van der Waals surface area contributed by atoms with Gasteiger partial charge in [-0.05, 0) is 23.8 Å². The van der Waals surface area contributed by atoms with Crippen molar-refractivity contribution >= 4 is 27.7 Å². The first-order valence-electron chi connectivity index (χ1n) is 4.28. The molecule has 15 heavy (non-hydrogen) atoms. The van der Waals surface area contributed by atoms with Crippen molar-refractivity contribution in [2.75, 3.05) is 14.1 Å². The van der Waals surface area contributed by atoms with Gasteiger partial charge in [0.25, 0.3) is 0 Å². The van der Waals surface area contributed by atoms with Crippen LogP contribution in [0.15, 0.2) is 29.7 Å². The number of benzene rings is 1. The molecular formula is C10H12ClNO2S. The first-order chi connectivity index (χ1) is 6.92. The van der Waals surface area contributed by atoms with Gasteiger partial charge in [0, 0.05) is 24.5 Å². The molecule has 0 bridgehead atoms. The molecule has 0 fully saturated rings. The standard InChI is InChI=1S/C10H12ClNO2S/c1-12(2)15(13,14)8-7-9-3-5-10(11)6-4-9/h3-8H,1-2H3. The number of rotatable bonds is 3. The zero-order valence-electron chi connectivity index (χ0n) is 8.51. The van der Waals surface area contributed by atoms with Crippen LogP contribution in [0.1, 0.15) is 5.56 Å². The molecule has 0 aromatic heterocycles. The molecule has 0 amide bonds. The van der Waals surface area contributed by atoms with Crippen LogP contribution >= 0.6 is 11.6 Å². The van der Waals surface area contributed by atoms with E-state index >= 15 is 0 Å². The molecule has 82 valence electrons. The van der Waals surface area contributed by atoms with Crippen LogP contribution in [0.3, 0.4) is 0 Å². The highest BCUT2D eigenvalue weighted by atomic mass is 35.5. The third-order valence-electron chi connectivity index (χ3n) is 1.81. The van der Waals surface area contributed by atoms with Crippen LogP contribution in [-0.4, -0.2) is 26.8 Å². The fraction of sp³-hybridized carbons (Fsp3) is 0.200. The van der Waals surface area contributed by atoms with Gasteiger partial charge in [0.2, 0.25) is 10.0 Å². The molecular weight excluding hydrogens is 234 g/mol. The fourth-order valence-electron chi connectivity index (χ4n) is 0.860. The van der Waals surface area contributed by atoms with Gasteiger partial charge in [0.15, 0.2) is 0 Å². The number of nitrogens with zero attached hydrogens (tertiary/aromatic N) is 1. The lowest BCUT2D eigenvalue weighted by atomic mass is 10.2. The van der Waals surface area contributed by atoms with Crippen LogP contribution in [0.2, 0.25) is 5.02 Å². The van der Waals surface area contributed by atoms with E-state index in [0.717, 1.165) is 15.3 Å². The van der Waals surface area contributed by atoms with Crippen molar-refractivity contribution < 1.29 is 8.42 Å². The van der Waals surface area contributed by atoms with E-state index in [1.54, 1.807) is 24.3 Å². The van der Waals surface area contributed by atoms with Gasteiger partial charge in [-0.15, -0.1) is 0 Å². The maximum Gasteiger partial charge on any atom is 0.235 e. The highest BCUT2D eigenvalue weighted by Gasteiger charge is 2.07. The lowest BCUT2D eigenvalue weighted by molar-refractivity contribution is 0.531. The van der Waals surface area contributed by atoms with E-state index in [1.807, 2.05) is 0 Å². The van der Waals surface area contributed by atoms with Crippen LogP contribution in [0, 0.1) is 0 Å². The van der Waals surface area contributed by atoms with Gasteiger partial charge < -0.3 is 0 Å². The van der Waals surface area contributed by atoms with Crippen LogP contribution in [0.4, 0.5) is 0 Å². The molecule has 1 aromatic carbocycles. The summed E-state index contributed by atoms with van der Waals surface area (Å²) in [4.78, 5) is 0. The summed E-state index contributed by atoms with van der Waals surface area (Å²) in [7, 11) is -0.311. The van der Waals surface area contributed by atoms with Crippen molar-refractivity contribution in [3.63, 3.8) is 0 Å². The molecule has 0 saturated heterocycles. The normalized spacial score (nSPS) is 12.5. The zero-order valence-corrected chi connectivity index (χ0v) is 10.1. The minimum atomic E-state index is -3.29. The molecule has 3 nitrogen and oxygen atoms in total. The minimum absolute atomic E-state index is 0.627. The highest BCUT2D eigenvalue weighted by molar-refractivity contribution is 7.92. The summed E-state index contributed by atoms with van der Waals surface area (Å²) < 4.78 is 23.9. The fourth-order valence-corrected chi connectivity index (χ4v) is 1.56. The van der Waals surface area contributed by atoms with Crippen LogP contribution in [0.25, 0.3) is 6.08 Å². The Morgan fingerprint density at radius 2 is 1.73 bits per heavy atom. The molecule has 0 N–H and O–H groups in total. The Labute approximate surface area is 95.0 Å². The monoisotopic (exact) mass is 245 g/mol. The van der Waals surface area contributed by atoms with E-state index < -0.39 is 10.0 Å². The van der Waals surface area contributed by atoms with Gasteiger partial charge in [-0.25, -0.2) is 12.7 Å². The summed E-state index contributed by atoms with van der Waals surface area (Å²) in [5.74, 6) is 0. The predicted molar refractivity (Wildman–Crippen MR) is 63.1 cm³/mol. The summed E-state index contributed by atoms with van der Waals surface area (Å²) >= 11 is 5.70. The summed E-state index contributed by atoms with van der Waals surface area (Å²) in [6.45, 7) is 0. The predicted octanol–water partition coefficient (Wildman–Crippen LogP) is 2.20. The molecule has 1 aromatic rings. The van der Waals surface area contributed by atoms with Gasteiger partial charge in [-0.2, -0.15) is 0 Å². The Hall–Kier alpha value is -0.840. The van der Waals surface area contributed by atoms with E-state index in [9.17, 15) is 8.42 Å². The quantitative estimate of drug-likeness (QED) is 0.819. The van der Waals surface area contributed by atoms with E-state index in [4.69, 9.17) is 11.6 Å². The Morgan fingerprint density at radius 3 is 2.20 bits per heavy atom. The van der Waals surface area contributed by atoms with Gasteiger partial charge in [0.1, 0.15) is 0 Å². The molecule has 5 heteroatoms. The van der Waals surface area contributed by atoms with E-state index in [-0.39, 0.29) is 0 Å². The number of halogens is 1. The molecule has 0 atom stereocenters. The third-order valence-corrected chi connectivity index (χ3v) is 3.56. The van der Waals surface area contributed by atoms with Crippen molar-refractivity contribution in [3.05, 3.63) is 40.3 Å². The van der Waals surface area contributed by atoms with Crippen LogP contribution in [-0.2, 0) is 10.0 Å². The van der Waals surface area contributed by atoms with Gasteiger partial charge >= 0.3 is 0 Å². The highest BCUT2D eigenvalue weighted by Crippen LogP contribution is 2.11. The third kappa shape index (κ3) is 3.66. The van der Waals surface area contributed by atoms with Crippen LogP contribution < -0.4 is 0 Å². The van der Waals surface area contributed by atoms with E-state index in [2.05, 4.69) is 0 Å². The van der Waals surface area contributed by atoms with E-state index in [1.165, 1.54) is 20.2 Å². The molecule has 0 spiro atoms. The first-order valence-corrected chi connectivity index (χ1v) is 6.16. The lowest BCUT2D eigenvalue weighted by Gasteiger charge is -2.05. The van der Waals surface area contributed by atoms with Gasteiger partial charge in [0.05, 0.1) is 0 Å². The second-order valence-corrected chi connectivity index (χ2v) is 5.65. The molecule has 0 saturated carbocycles. The van der Waals surface area contributed by atoms with Crippen molar-refractivity contribution in [3.8, 4) is 0 Å². The topological polar surface area (TPSA) is 37.4 Å². The minimum Gasteiger partial charge on any atom is -0.208 e. The number of hydrogen-bond donors (Lipinski definition) is 0. The Balaban J connectivity index is 2.87. The average Bonchev–Trinajstić information content (AvgIpc) is 2.17. The molecule has 0 aliphatic rings. The summed E-state index contributed by atoms with van der Waals surface area (Å²) in [6, 6.07) is 6.93. The van der Waals surface area contributed by atoms with Crippen molar-refractivity contribution in [2.24, 2.45) is 0 Å². The summed E-state index contributed by atoms with van der Waals surface area (Å²) in [5, 5.41) is 1.79. The molecule has 0 aliphatic carbocycles. The lowest BCUT2D eigenvalue weighted by Crippen LogP contribution is -2.19. The largest absolute Gasteiger partial charge is 0.235 e. The number of hydrogen-bond acceptors (Lipinski definition) is 2. The first kappa shape index (κ1) is 12.2. The smallest absolute Gasteiger partial charge is 0.208 e. The number of sulfonamides is 1. The molecule has 0 radical (unpaired) electrons. The van der Waals surface area contributed by atoms with E-state index in [0.29, 0.717) is 5.02 Å². The van der Waals surface area contributed by atoms with Crippen molar-refractivity contribution in [1.82, 2.24) is 4.31 Å². The molecule has 0 unspecified atom stereocenters. The molecule has 0 aliphatic heterocycles. The van der Waals surface area contributed by atoms with Gasteiger partial charge in [-0.3, -0.25) is 0 Å². The van der Waals surface area contributed by atoms with Gasteiger partial charge in [-0.1, -0.05) is 23.7 Å².